The Kier molecular flexibility index (Phi) is 11.4. The van der Waals surface area contributed by atoms with Gasteiger partial charge in [-0.15, -0.1) is 11.3 Å². The lowest BCUT2D eigenvalue weighted by Gasteiger charge is -2.33. The lowest BCUT2D eigenvalue weighted by molar-refractivity contribution is 0.0184. The lowest BCUT2D eigenvalue weighted by Crippen LogP contribution is -2.42. The summed E-state index contributed by atoms with van der Waals surface area (Å²) in [5, 5.41) is 11.8. The van der Waals surface area contributed by atoms with Crippen molar-refractivity contribution in [2.75, 3.05) is 18.4 Å². The summed E-state index contributed by atoms with van der Waals surface area (Å²) in [4.78, 5) is 41.1. The monoisotopic (exact) mass is 660 g/mol. The van der Waals surface area contributed by atoms with Gasteiger partial charge in [-0.1, -0.05) is 46.8 Å². The molecule has 1 aliphatic rings. The third-order valence-electron chi connectivity index (χ3n) is 7.45. The molecular weight excluding hydrogens is 613 g/mol. The van der Waals surface area contributed by atoms with E-state index in [1.807, 2.05) is 70.6 Å². The topological polar surface area (TPSA) is 127 Å². The fourth-order valence-corrected chi connectivity index (χ4v) is 5.88. The van der Waals surface area contributed by atoms with Crippen molar-refractivity contribution < 1.29 is 14.3 Å². The van der Waals surface area contributed by atoms with Crippen molar-refractivity contribution in [3.63, 3.8) is 0 Å². The average Bonchev–Trinajstić information content (AvgIpc) is 3.72. The minimum Gasteiger partial charge on any atom is -0.444 e. The van der Waals surface area contributed by atoms with Crippen molar-refractivity contribution in [2.45, 2.75) is 98.8 Å². The predicted octanol–water partition coefficient (Wildman–Crippen LogP) is 7.67. The van der Waals surface area contributed by atoms with Gasteiger partial charge >= 0.3 is 6.09 Å². The summed E-state index contributed by atoms with van der Waals surface area (Å²) < 4.78 is 7.45. The number of nitrogens with one attached hydrogen (secondary N) is 2. The normalized spacial score (nSPS) is 13.9. The van der Waals surface area contributed by atoms with Crippen LogP contribution in [0.4, 0.5) is 16.4 Å². The first-order chi connectivity index (χ1) is 22.2. The van der Waals surface area contributed by atoms with E-state index in [0.29, 0.717) is 30.5 Å². The number of rotatable bonds is 7. The first-order valence-corrected chi connectivity index (χ1v) is 17.0. The molecule has 4 aromatic rings. The molecule has 3 aromatic heterocycles. The van der Waals surface area contributed by atoms with Gasteiger partial charge in [-0.25, -0.2) is 19.7 Å². The van der Waals surface area contributed by atoms with Crippen LogP contribution in [0.2, 0.25) is 0 Å². The summed E-state index contributed by atoms with van der Waals surface area (Å²) in [7, 11) is 0. The number of hydrogen-bond acceptors (Lipinski definition) is 9. The summed E-state index contributed by atoms with van der Waals surface area (Å²) in [5.41, 5.74) is 4.03. The molecule has 1 fully saturated rings. The van der Waals surface area contributed by atoms with Gasteiger partial charge in [0, 0.05) is 43.0 Å². The van der Waals surface area contributed by atoms with E-state index in [4.69, 9.17) is 9.72 Å². The summed E-state index contributed by atoms with van der Waals surface area (Å²) in [5.74, 6) is 0.354. The molecule has 1 aromatic carbocycles. The summed E-state index contributed by atoms with van der Waals surface area (Å²) in [6.45, 7) is 19.6. The smallest absolute Gasteiger partial charge is 0.410 e. The highest BCUT2D eigenvalue weighted by Crippen LogP contribution is 2.28. The number of aromatic nitrogens is 5. The number of hydrogen-bond donors (Lipinski definition) is 2. The summed E-state index contributed by atoms with van der Waals surface area (Å²) >= 11 is 1.43. The van der Waals surface area contributed by atoms with Gasteiger partial charge in [-0.3, -0.25) is 9.48 Å². The molecule has 252 valence electrons. The Labute approximate surface area is 282 Å². The number of amides is 2. The second-order valence-electron chi connectivity index (χ2n) is 13.4. The second-order valence-corrected chi connectivity index (χ2v) is 14.4. The van der Waals surface area contributed by atoms with Gasteiger partial charge in [-0.2, -0.15) is 5.10 Å². The Bertz CT molecular complexity index is 1660. The minimum absolute atomic E-state index is 0.0856. The van der Waals surface area contributed by atoms with Gasteiger partial charge in [-0.05, 0) is 63.8 Å². The van der Waals surface area contributed by atoms with Gasteiger partial charge in [0.25, 0.3) is 5.91 Å². The van der Waals surface area contributed by atoms with Gasteiger partial charge in [0.05, 0.1) is 34.8 Å². The maximum atomic E-state index is 12.7. The van der Waals surface area contributed by atoms with E-state index >= 15 is 0 Å². The highest BCUT2D eigenvalue weighted by atomic mass is 32.1. The van der Waals surface area contributed by atoms with Crippen molar-refractivity contribution >= 4 is 35.0 Å². The number of thiazole rings is 1. The minimum atomic E-state index is -0.503. The zero-order valence-electron chi connectivity index (χ0n) is 29.0. The van der Waals surface area contributed by atoms with Crippen LogP contribution >= 0.6 is 11.3 Å². The standard InChI is InChI=1S/C33H42N8O3S.C2H6/c1-21-16-22(8-9-23(21)17-35-28(42)27-19-36-29(45-27)32(2,3)4)26-10-13-34-30(39-26)38-24-18-37-41(20-24)25-11-14-40(15-12-25)31(43)44-33(5,6)7;1-2/h8-10,13,16,18-20,25H,11-12,14-15,17H2,1-7H3,(H,35,42)(H,34,38,39);1-2H3. The Balaban J connectivity index is 0.00000245. The highest BCUT2D eigenvalue weighted by molar-refractivity contribution is 7.13. The molecule has 0 saturated carbocycles. The fourth-order valence-electron chi connectivity index (χ4n) is 4.99. The molecule has 1 aliphatic heterocycles. The number of benzene rings is 1. The molecule has 11 nitrogen and oxygen atoms in total. The number of piperidine rings is 1. The largest absolute Gasteiger partial charge is 0.444 e. The van der Waals surface area contributed by atoms with E-state index in [9.17, 15) is 9.59 Å². The van der Waals surface area contributed by atoms with Crippen LogP contribution in [0.15, 0.2) is 49.1 Å². The Morgan fingerprint density at radius 3 is 2.38 bits per heavy atom. The molecule has 0 aliphatic carbocycles. The fraction of sp³-hybridized carbons (Fsp3) is 0.486. The Morgan fingerprint density at radius 2 is 1.74 bits per heavy atom. The van der Waals surface area contributed by atoms with E-state index in [2.05, 4.69) is 52.5 Å². The zero-order chi connectivity index (χ0) is 34.4. The SMILES string of the molecule is CC.Cc1cc(-c2ccnc(Nc3cnn(C4CCN(C(=O)OC(C)(C)C)CC4)c3)n2)ccc1CNC(=O)c1cnc(C(C)(C)C)s1. The summed E-state index contributed by atoms with van der Waals surface area (Å²) in [6, 6.07) is 8.17. The Morgan fingerprint density at radius 1 is 1.02 bits per heavy atom. The number of aryl methyl sites for hydroxylation is 1. The van der Waals surface area contributed by atoms with Crippen molar-refractivity contribution in [3.05, 3.63) is 70.1 Å². The van der Waals surface area contributed by atoms with E-state index in [1.165, 1.54) is 11.3 Å². The van der Waals surface area contributed by atoms with Crippen molar-refractivity contribution in [1.82, 2.24) is 34.9 Å². The molecule has 0 unspecified atom stereocenters. The molecular formula is C35H48N8O3S. The van der Waals surface area contributed by atoms with Crippen LogP contribution < -0.4 is 10.6 Å². The van der Waals surface area contributed by atoms with Crippen LogP contribution in [0, 0.1) is 6.92 Å². The van der Waals surface area contributed by atoms with E-state index in [1.54, 1.807) is 23.5 Å². The first-order valence-electron chi connectivity index (χ1n) is 16.2. The van der Waals surface area contributed by atoms with Crippen LogP contribution in [0.25, 0.3) is 11.3 Å². The second kappa shape index (κ2) is 15.1. The molecule has 2 amide bonds. The maximum Gasteiger partial charge on any atom is 0.410 e. The van der Waals surface area contributed by atoms with Crippen LogP contribution in [0.5, 0.6) is 0 Å². The number of carbonyl (C=O) groups excluding carboxylic acids is 2. The third kappa shape index (κ3) is 9.60. The molecule has 0 bridgehead atoms. The number of anilines is 2. The molecule has 2 N–H and O–H groups in total. The van der Waals surface area contributed by atoms with Crippen molar-refractivity contribution in [3.8, 4) is 11.3 Å². The van der Waals surface area contributed by atoms with Gasteiger partial charge < -0.3 is 20.3 Å². The molecule has 12 heteroatoms. The molecule has 1 saturated heterocycles. The third-order valence-corrected chi connectivity index (χ3v) is 8.87. The van der Waals surface area contributed by atoms with Crippen molar-refractivity contribution in [1.29, 1.82) is 0 Å². The van der Waals surface area contributed by atoms with Crippen LogP contribution in [0.1, 0.15) is 100 Å². The zero-order valence-corrected chi connectivity index (χ0v) is 29.9. The number of nitrogens with zero attached hydrogens (tertiary/aromatic N) is 6. The molecule has 0 spiro atoms. The van der Waals surface area contributed by atoms with E-state index in [-0.39, 0.29) is 23.5 Å². The first kappa shape index (κ1) is 35.5. The predicted molar refractivity (Wildman–Crippen MR) is 187 cm³/mol. The quantitative estimate of drug-likeness (QED) is 0.207. The van der Waals surface area contributed by atoms with Crippen LogP contribution in [-0.4, -0.2) is 60.3 Å². The Hall–Kier alpha value is -4.32. The van der Waals surface area contributed by atoms with Gasteiger partial charge in [0.2, 0.25) is 5.95 Å². The average molecular weight is 661 g/mol. The number of carbonyl (C=O) groups is 2. The van der Waals surface area contributed by atoms with Gasteiger partial charge in [0.1, 0.15) is 10.5 Å². The molecule has 0 radical (unpaired) electrons. The van der Waals surface area contributed by atoms with E-state index < -0.39 is 5.60 Å². The lowest BCUT2D eigenvalue weighted by atomic mass is 9.98. The van der Waals surface area contributed by atoms with E-state index in [0.717, 1.165) is 45.9 Å². The molecule has 0 atom stereocenters. The molecule has 47 heavy (non-hydrogen) atoms. The molecule has 5 rings (SSSR count). The summed E-state index contributed by atoms with van der Waals surface area (Å²) in [6.07, 6.45) is 8.43. The highest BCUT2D eigenvalue weighted by Gasteiger charge is 2.28. The van der Waals surface area contributed by atoms with Crippen LogP contribution in [0.3, 0.4) is 0 Å². The van der Waals surface area contributed by atoms with Gasteiger partial charge in [0.15, 0.2) is 0 Å². The molecule has 4 heterocycles. The van der Waals surface area contributed by atoms with Crippen molar-refractivity contribution in [2.24, 2.45) is 0 Å². The maximum absolute atomic E-state index is 12.7. The van der Waals surface area contributed by atoms with Crippen LogP contribution in [-0.2, 0) is 16.7 Å². The number of likely N-dealkylation sites (tertiary alicyclic amines) is 1. The number of ether oxygens (including phenoxy) is 1.